The van der Waals surface area contributed by atoms with Crippen molar-refractivity contribution in [1.82, 2.24) is 10.2 Å². The Morgan fingerprint density at radius 1 is 0.875 bits per heavy atom. The molecule has 1 heterocycles. The van der Waals surface area contributed by atoms with Crippen molar-refractivity contribution in [3.8, 4) is 5.75 Å². The number of amides is 1. The lowest BCUT2D eigenvalue weighted by atomic mass is 9.92. The molecular formula is C32H32F4N2O2. The molecule has 4 nitrogen and oxygen atoms in total. The maximum absolute atomic E-state index is 13.8. The van der Waals surface area contributed by atoms with Crippen LogP contribution in [-0.4, -0.2) is 43.1 Å². The molecule has 0 saturated heterocycles. The van der Waals surface area contributed by atoms with Crippen molar-refractivity contribution in [2.45, 2.75) is 44.6 Å². The number of carbonyl (C=O) groups is 1. The van der Waals surface area contributed by atoms with Crippen molar-refractivity contribution >= 4 is 11.5 Å². The number of rotatable bonds is 11. The first-order valence-corrected chi connectivity index (χ1v) is 13.7. The third kappa shape index (κ3) is 6.73. The van der Waals surface area contributed by atoms with E-state index >= 15 is 0 Å². The Balaban J connectivity index is 1.22. The number of halogens is 4. The minimum atomic E-state index is -1.32. The van der Waals surface area contributed by atoms with Crippen molar-refractivity contribution in [2.24, 2.45) is 0 Å². The van der Waals surface area contributed by atoms with Crippen molar-refractivity contribution in [3.63, 3.8) is 0 Å². The van der Waals surface area contributed by atoms with Crippen molar-refractivity contribution in [2.75, 3.05) is 26.2 Å². The highest BCUT2D eigenvalue weighted by atomic mass is 19.2. The van der Waals surface area contributed by atoms with Gasteiger partial charge in [0.15, 0.2) is 17.4 Å². The summed E-state index contributed by atoms with van der Waals surface area (Å²) in [5.41, 5.74) is 4.86. The van der Waals surface area contributed by atoms with Gasteiger partial charge in [0.25, 0.3) is 5.91 Å². The van der Waals surface area contributed by atoms with Crippen LogP contribution in [0.4, 0.5) is 17.6 Å². The number of aryl methyl sites for hydroxylation is 1. The van der Waals surface area contributed by atoms with Crippen LogP contribution in [0.1, 0.15) is 42.4 Å². The number of benzene rings is 3. The lowest BCUT2D eigenvalue weighted by Gasteiger charge is -2.28. The first-order chi connectivity index (χ1) is 19.4. The predicted octanol–water partition coefficient (Wildman–Crippen LogP) is 6.24. The Bertz CT molecular complexity index is 1370. The van der Waals surface area contributed by atoms with Gasteiger partial charge in [-0.25, -0.2) is 13.2 Å². The van der Waals surface area contributed by atoms with Gasteiger partial charge >= 0.3 is 0 Å². The zero-order valence-corrected chi connectivity index (χ0v) is 22.2. The summed E-state index contributed by atoms with van der Waals surface area (Å²) in [5, 5.41) is 3.34. The molecule has 8 heteroatoms. The molecule has 0 bridgehead atoms. The molecule has 3 aromatic rings. The summed E-state index contributed by atoms with van der Waals surface area (Å²) >= 11 is 0. The van der Waals surface area contributed by atoms with Crippen LogP contribution in [0.2, 0.25) is 0 Å². The smallest absolute Gasteiger partial charge is 0.251 e. The highest BCUT2D eigenvalue weighted by molar-refractivity contribution is 6.02. The first-order valence-electron chi connectivity index (χ1n) is 13.7. The predicted molar refractivity (Wildman–Crippen MR) is 146 cm³/mol. The van der Waals surface area contributed by atoms with E-state index in [-0.39, 0.29) is 24.4 Å². The van der Waals surface area contributed by atoms with Crippen LogP contribution in [0.25, 0.3) is 5.57 Å². The van der Waals surface area contributed by atoms with Gasteiger partial charge in [0, 0.05) is 24.7 Å². The molecule has 1 aliphatic carbocycles. The van der Waals surface area contributed by atoms with Crippen LogP contribution in [0, 0.1) is 23.3 Å². The molecule has 0 atom stereocenters. The van der Waals surface area contributed by atoms with Gasteiger partial charge in [0.2, 0.25) is 5.82 Å². The third-order valence-corrected chi connectivity index (χ3v) is 7.44. The monoisotopic (exact) mass is 552 g/mol. The lowest BCUT2D eigenvalue weighted by molar-refractivity contribution is -0.127. The summed E-state index contributed by atoms with van der Waals surface area (Å²) in [7, 11) is 0. The maximum atomic E-state index is 13.8. The van der Waals surface area contributed by atoms with Gasteiger partial charge < -0.3 is 15.0 Å². The van der Waals surface area contributed by atoms with Crippen LogP contribution in [0.5, 0.6) is 5.75 Å². The topological polar surface area (TPSA) is 41.6 Å². The lowest BCUT2D eigenvalue weighted by Crippen LogP contribution is -2.40. The standard InChI is InChI=1S/C32H32F4N2O2/c33-24-9-5-22(6-10-24)16-18-38(25-11-12-25)32(39)27-20-37-17-15-26(27)23-7-3-21(4-8-23)2-1-19-40-31-29(35)14-13-28(34)30(31)36/h3-10,13-14,25,37H,1-2,11-12,15-20H2. The van der Waals surface area contributed by atoms with E-state index in [1.807, 2.05) is 29.2 Å². The zero-order chi connectivity index (χ0) is 28.1. The summed E-state index contributed by atoms with van der Waals surface area (Å²) in [6.45, 7) is 1.94. The van der Waals surface area contributed by atoms with Gasteiger partial charge in [-0.05, 0) is 91.6 Å². The molecule has 5 rings (SSSR count). The van der Waals surface area contributed by atoms with Crippen LogP contribution >= 0.6 is 0 Å². The Hall–Kier alpha value is -3.65. The van der Waals surface area contributed by atoms with E-state index in [1.165, 1.54) is 12.1 Å². The highest BCUT2D eigenvalue weighted by Crippen LogP contribution is 2.32. The second-order valence-corrected chi connectivity index (χ2v) is 10.3. The Morgan fingerprint density at radius 3 is 2.27 bits per heavy atom. The normalized spacial score (nSPS) is 15.3. The van der Waals surface area contributed by atoms with Crippen molar-refractivity contribution in [3.05, 3.63) is 106 Å². The average molecular weight is 553 g/mol. The summed E-state index contributed by atoms with van der Waals surface area (Å²) in [5.74, 6) is -4.30. The summed E-state index contributed by atoms with van der Waals surface area (Å²) in [4.78, 5) is 15.7. The molecule has 0 spiro atoms. The van der Waals surface area contributed by atoms with E-state index < -0.39 is 23.2 Å². The van der Waals surface area contributed by atoms with E-state index in [1.54, 1.807) is 12.1 Å². The van der Waals surface area contributed by atoms with E-state index in [4.69, 9.17) is 4.74 Å². The van der Waals surface area contributed by atoms with Gasteiger partial charge in [0.05, 0.1) is 6.61 Å². The van der Waals surface area contributed by atoms with Crippen LogP contribution < -0.4 is 10.1 Å². The summed E-state index contributed by atoms with van der Waals surface area (Å²) in [6, 6.07) is 16.3. The molecule has 1 aliphatic heterocycles. The molecule has 3 aromatic carbocycles. The minimum Gasteiger partial charge on any atom is -0.488 e. The van der Waals surface area contributed by atoms with Gasteiger partial charge in [-0.2, -0.15) is 4.39 Å². The minimum absolute atomic E-state index is 0.0451. The average Bonchev–Trinajstić information content (AvgIpc) is 3.81. The number of ether oxygens (including phenoxy) is 1. The summed E-state index contributed by atoms with van der Waals surface area (Å²) < 4.78 is 59.3. The number of carbonyl (C=O) groups excluding carboxylic acids is 1. The highest BCUT2D eigenvalue weighted by Gasteiger charge is 2.35. The Labute approximate surface area is 231 Å². The molecule has 40 heavy (non-hydrogen) atoms. The molecule has 210 valence electrons. The second kappa shape index (κ2) is 12.7. The summed E-state index contributed by atoms with van der Waals surface area (Å²) in [6.07, 6.45) is 4.54. The molecule has 1 amide bonds. The largest absolute Gasteiger partial charge is 0.488 e. The van der Waals surface area contributed by atoms with Crippen LogP contribution in [0.3, 0.4) is 0 Å². The van der Waals surface area contributed by atoms with E-state index in [9.17, 15) is 22.4 Å². The number of nitrogens with one attached hydrogen (secondary N) is 1. The van der Waals surface area contributed by atoms with Gasteiger partial charge in [0.1, 0.15) is 5.82 Å². The SMILES string of the molecule is O=C(C1=C(c2ccc(CCCOc3c(F)ccc(F)c3F)cc2)CCNC1)N(CCc1ccc(F)cc1)C1CC1. The Kier molecular flexibility index (Phi) is 8.85. The van der Waals surface area contributed by atoms with Crippen molar-refractivity contribution in [1.29, 1.82) is 0 Å². The first kappa shape index (κ1) is 27.9. The number of hydrogen-bond acceptors (Lipinski definition) is 3. The molecule has 1 fully saturated rings. The van der Waals surface area contributed by atoms with Crippen LogP contribution in [0.15, 0.2) is 66.2 Å². The molecule has 0 unspecified atom stereocenters. The van der Waals surface area contributed by atoms with Crippen molar-refractivity contribution < 1.29 is 27.1 Å². The van der Waals surface area contributed by atoms with Gasteiger partial charge in [-0.15, -0.1) is 0 Å². The fourth-order valence-corrected chi connectivity index (χ4v) is 5.08. The quantitative estimate of drug-likeness (QED) is 0.174. The molecule has 1 saturated carbocycles. The Morgan fingerprint density at radius 2 is 1.55 bits per heavy atom. The molecule has 2 aliphatic rings. The van der Waals surface area contributed by atoms with Gasteiger partial charge in [-0.1, -0.05) is 36.4 Å². The van der Waals surface area contributed by atoms with E-state index in [2.05, 4.69) is 5.32 Å². The fraction of sp³-hybridized carbons (Fsp3) is 0.344. The van der Waals surface area contributed by atoms with E-state index in [0.717, 1.165) is 65.8 Å². The number of nitrogens with zero attached hydrogens (tertiary/aromatic N) is 1. The zero-order valence-electron chi connectivity index (χ0n) is 22.2. The molecule has 0 aromatic heterocycles. The molecule has 0 radical (unpaired) electrons. The molecule has 1 N–H and O–H groups in total. The fourth-order valence-electron chi connectivity index (χ4n) is 5.08. The third-order valence-electron chi connectivity index (χ3n) is 7.44. The van der Waals surface area contributed by atoms with Crippen LogP contribution in [-0.2, 0) is 17.6 Å². The van der Waals surface area contributed by atoms with E-state index in [0.29, 0.717) is 32.4 Å². The van der Waals surface area contributed by atoms with Gasteiger partial charge in [-0.3, -0.25) is 4.79 Å². The number of hydrogen-bond donors (Lipinski definition) is 1. The second-order valence-electron chi connectivity index (χ2n) is 10.3. The molecular weight excluding hydrogens is 520 g/mol. The maximum Gasteiger partial charge on any atom is 0.251 e.